The van der Waals surface area contributed by atoms with Crippen LogP contribution in [0.3, 0.4) is 0 Å². The second kappa shape index (κ2) is 7.51. The molecular weight excluding hydrogens is 316 g/mol. The molecule has 2 aliphatic rings. The average molecular weight is 339 g/mol. The first-order chi connectivity index (χ1) is 11.1. The summed E-state index contributed by atoms with van der Waals surface area (Å²) >= 11 is 6.39. The molecule has 0 unspecified atom stereocenters. The van der Waals surface area contributed by atoms with Gasteiger partial charge in [-0.2, -0.15) is 0 Å². The van der Waals surface area contributed by atoms with Crippen LogP contribution >= 0.6 is 11.6 Å². The maximum atomic E-state index is 12.6. The molecule has 2 fully saturated rings. The molecule has 1 aromatic carbocycles. The maximum absolute atomic E-state index is 12.6. The molecule has 0 bridgehead atoms. The van der Waals surface area contributed by atoms with Gasteiger partial charge in [0.2, 0.25) is 0 Å². The van der Waals surface area contributed by atoms with Crippen molar-refractivity contribution in [2.75, 3.05) is 51.4 Å². The largest absolute Gasteiger partial charge is 0.376 e. The number of benzene rings is 1. The zero-order chi connectivity index (χ0) is 16.2. The van der Waals surface area contributed by atoms with Gasteiger partial charge in [0.05, 0.1) is 36.6 Å². The van der Waals surface area contributed by atoms with Gasteiger partial charge in [-0.25, -0.2) is 0 Å². The number of likely N-dealkylation sites (N-methyl/N-ethyl adjacent to an activating group) is 1. The van der Waals surface area contributed by atoms with Gasteiger partial charge < -0.3 is 19.3 Å². The van der Waals surface area contributed by atoms with Gasteiger partial charge in [0.25, 0.3) is 5.91 Å². The number of anilines is 1. The molecule has 3 rings (SSSR count). The van der Waals surface area contributed by atoms with Crippen LogP contribution in [0.25, 0.3) is 0 Å². The number of amides is 1. The third-order valence-electron chi connectivity index (χ3n) is 4.35. The maximum Gasteiger partial charge on any atom is 0.253 e. The van der Waals surface area contributed by atoms with Gasteiger partial charge >= 0.3 is 0 Å². The summed E-state index contributed by atoms with van der Waals surface area (Å²) in [6.45, 7) is 4.33. The van der Waals surface area contributed by atoms with E-state index < -0.39 is 0 Å². The molecule has 5 nitrogen and oxygen atoms in total. The summed E-state index contributed by atoms with van der Waals surface area (Å²) in [7, 11) is 1.78. The first kappa shape index (κ1) is 16.6. The second-order valence-electron chi connectivity index (χ2n) is 6.11. The molecule has 1 atom stereocenters. The Kier molecular flexibility index (Phi) is 5.41. The van der Waals surface area contributed by atoms with Gasteiger partial charge in [-0.15, -0.1) is 0 Å². The number of hydrogen-bond acceptors (Lipinski definition) is 4. The van der Waals surface area contributed by atoms with E-state index in [2.05, 4.69) is 4.90 Å². The van der Waals surface area contributed by atoms with Crippen molar-refractivity contribution in [1.29, 1.82) is 0 Å². The van der Waals surface area contributed by atoms with Crippen molar-refractivity contribution < 1.29 is 14.3 Å². The Morgan fingerprint density at radius 3 is 2.78 bits per heavy atom. The fourth-order valence-electron chi connectivity index (χ4n) is 3.11. The van der Waals surface area contributed by atoms with Crippen molar-refractivity contribution in [2.24, 2.45) is 0 Å². The van der Waals surface area contributed by atoms with Gasteiger partial charge in [-0.3, -0.25) is 4.79 Å². The van der Waals surface area contributed by atoms with Crippen LogP contribution in [0.2, 0.25) is 5.02 Å². The van der Waals surface area contributed by atoms with Crippen LogP contribution in [0.5, 0.6) is 0 Å². The van der Waals surface area contributed by atoms with Crippen molar-refractivity contribution in [3.05, 3.63) is 28.8 Å². The van der Waals surface area contributed by atoms with E-state index >= 15 is 0 Å². The fraction of sp³-hybridized carbons (Fsp3) is 0.588. The molecule has 6 heteroatoms. The molecule has 0 spiro atoms. The van der Waals surface area contributed by atoms with Crippen LogP contribution in [0.4, 0.5) is 5.69 Å². The summed E-state index contributed by atoms with van der Waals surface area (Å²) in [5, 5.41) is 0.642. The smallest absolute Gasteiger partial charge is 0.253 e. The molecule has 0 saturated carbocycles. The number of nitrogens with zero attached hydrogens (tertiary/aromatic N) is 2. The zero-order valence-electron chi connectivity index (χ0n) is 13.5. The number of carbonyl (C=O) groups excluding carboxylic acids is 1. The zero-order valence-corrected chi connectivity index (χ0v) is 14.2. The van der Waals surface area contributed by atoms with Crippen LogP contribution in [0.1, 0.15) is 23.2 Å². The van der Waals surface area contributed by atoms with Gasteiger partial charge in [0.1, 0.15) is 0 Å². The van der Waals surface area contributed by atoms with Crippen LogP contribution in [0.15, 0.2) is 18.2 Å². The minimum absolute atomic E-state index is 0.0472. The molecule has 126 valence electrons. The topological polar surface area (TPSA) is 42.0 Å². The third kappa shape index (κ3) is 3.97. The number of hydrogen-bond donors (Lipinski definition) is 0. The Hall–Kier alpha value is -1.30. The lowest BCUT2D eigenvalue weighted by atomic mass is 10.1. The van der Waals surface area contributed by atoms with Gasteiger partial charge in [0.15, 0.2) is 0 Å². The van der Waals surface area contributed by atoms with E-state index in [1.54, 1.807) is 18.0 Å². The van der Waals surface area contributed by atoms with E-state index in [0.29, 0.717) is 37.0 Å². The molecule has 1 amide bonds. The molecule has 1 aromatic rings. The van der Waals surface area contributed by atoms with E-state index in [1.165, 1.54) is 12.8 Å². The molecule has 0 aromatic heterocycles. The molecule has 23 heavy (non-hydrogen) atoms. The lowest BCUT2D eigenvalue weighted by molar-refractivity contribution is -0.0933. The van der Waals surface area contributed by atoms with E-state index in [4.69, 9.17) is 21.1 Å². The van der Waals surface area contributed by atoms with Crippen molar-refractivity contribution in [1.82, 2.24) is 4.90 Å². The number of halogens is 1. The van der Waals surface area contributed by atoms with E-state index in [0.717, 1.165) is 18.8 Å². The third-order valence-corrected chi connectivity index (χ3v) is 4.65. The molecule has 2 saturated heterocycles. The first-order valence-corrected chi connectivity index (χ1v) is 8.52. The lowest BCUT2D eigenvalue weighted by Gasteiger charge is -2.27. The van der Waals surface area contributed by atoms with Gasteiger partial charge in [-0.1, -0.05) is 11.6 Å². The van der Waals surface area contributed by atoms with Crippen LogP contribution < -0.4 is 4.90 Å². The highest BCUT2D eigenvalue weighted by Crippen LogP contribution is 2.29. The fourth-order valence-corrected chi connectivity index (χ4v) is 3.41. The number of carbonyl (C=O) groups is 1. The Bertz CT molecular complexity index is 555. The Balaban J connectivity index is 1.65. The Labute approximate surface area is 142 Å². The highest BCUT2D eigenvalue weighted by atomic mass is 35.5. The van der Waals surface area contributed by atoms with Crippen LogP contribution in [0, 0.1) is 0 Å². The summed E-state index contributed by atoms with van der Waals surface area (Å²) in [5.74, 6) is -0.0472. The second-order valence-corrected chi connectivity index (χ2v) is 6.52. The highest BCUT2D eigenvalue weighted by Gasteiger charge is 2.21. The predicted octanol–water partition coefficient (Wildman–Crippen LogP) is 2.43. The Morgan fingerprint density at radius 2 is 2.13 bits per heavy atom. The van der Waals surface area contributed by atoms with Crippen molar-refractivity contribution in [3.8, 4) is 0 Å². The molecule has 2 heterocycles. The van der Waals surface area contributed by atoms with Crippen LogP contribution in [-0.2, 0) is 9.47 Å². The van der Waals surface area contributed by atoms with E-state index in [9.17, 15) is 4.79 Å². The summed E-state index contributed by atoms with van der Waals surface area (Å²) in [4.78, 5) is 16.5. The minimum atomic E-state index is -0.0583. The van der Waals surface area contributed by atoms with E-state index in [1.807, 2.05) is 12.1 Å². The first-order valence-electron chi connectivity index (χ1n) is 8.14. The predicted molar refractivity (Wildman–Crippen MR) is 90.4 cm³/mol. The normalized spacial score (nSPS) is 21.5. The Morgan fingerprint density at radius 1 is 1.35 bits per heavy atom. The van der Waals surface area contributed by atoms with Crippen molar-refractivity contribution >= 4 is 23.2 Å². The quantitative estimate of drug-likeness (QED) is 0.845. The van der Waals surface area contributed by atoms with Crippen LogP contribution in [-0.4, -0.2) is 63.4 Å². The molecule has 0 aliphatic carbocycles. The van der Waals surface area contributed by atoms with Crippen molar-refractivity contribution in [2.45, 2.75) is 18.9 Å². The summed E-state index contributed by atoms with van der Waals surface area (Å²) in [6.07, 6.45) is 2.34. The van der Waals surface area contributed by atoms with Gasteiger partial charge in [-0.05, 0) is 31.0 Å². The van der Waals surface area contributed by atoms with Crippen molar-refractivity contribution in [3.63, 3.8) is 0 Å². The molecular formula is C17H23ClN2O3. The van der Waals surface area contributed by atoms with E-state index in [-0.39, 0.29) is 12.0 Å². The number of ether oxygens (including phenoxy) is 2. The SMILES string of the molecule is CN(C[C@@H]1COCCO1)C(=O)c1ccc(N2CCCC2)c(Cl)c1. The van der Waals surface area contributed by atoms with Gasteiger partial charge in [0, 0.05) is 32.2 Å². The molecule has 2 aliphatic heterocycles. The summed E-state index contributed by atoms with van der Waals surface area (Å²) in [6, 6.07) is 5.58. The minimum Gasteiger partial charge on any atom is -0.376 e. The summed E-state index contributed by atoms with van der Waals surface area (Å²) in [5.41, 5.74) is 1.63. The molecule has 0 N–H and O–H groups in total. The average Bonchev–Trinajstić information content (AvgIpc) is 3.09. The lowest BCUT2D eigenvalue weighted by Crippen LogP contribution is -2.40. The monoisotopic (exact) mass is 338 g/mol. The highest BCUT2D eigenvalue weighted by molar-refractivity contribution is 6.33. The standard InChI is InChI=1S/C17H23ClN2O3/c1-19(11-14-12-22-8-9-23-14)17(21)13-4-5-16(15(18)10-13)20-6-2-3-7-20/h4-5,10,14H,2-3,6-9,11-12H2,1H3/t14-/m1/s1. The number of rotatable bonds is 4. The summed E-state index contributed by atoms with van der Waals surface area (Å²) < 4.78 is 11.0. The molecule has 0 radical (unpaired) electrons.